The Kier molecular flexibility index (Phi) is 4.13. The van der Waals surface area contributed by atoms with Gasteiger partial charge in [0, 0.05) is 24.0 Å². The Morgan fingerprint density at radius 2 is 2.19 bits per heavy atom. The quantitative estimate of drug-likeness (QED) is 0.848. The largest absolute Gasteiger partial charge is 0.488 e. The van der Waals surface area contributed by atoms with E-state index in [1.807, 2.05) is 0 Å². The fourth-order valence-corrected chi connectivity index (χ4v) is 3.89. The molecule has 3 nitrogen and oxygen atoms in total. The summed E-state index contributed by atoms with van der Waals surface area (Å²) in [4.78, 5) is 3.72. The molecule has 6 heteroatoms. The summed E-state index contributed by atoms with van der Waals surface area (Å²) in [5.41, 5.74) is 2.32. The van der Waals surface area contributed by atoms with Crippen molar-refractivity contribution in [3.8, 4) is 0 Å². The molecule has 2 aromatic rings. The van der Waals surface area contributed by atoms with Crippen molar-refractivity contribution >= 4 is 23.9 Å². The van der Waals surface area contributed by atoms with E-state index in [4.69, 9.17) is 0 Å². The molecule has 1 aromatic carbocycles. The van der Waals surface area contributed by atoms with Crippen molar-refractivity contribution in [3.05, 3.63) is 51.5 Å². The first-order valence-corrected chi connectivity index (χ1v) is 7.88. The van der Waals surface area contributed by atoms with Crippen LogP contribution in [-0.2, 0) is 13.0 Å². The molecule has 1 atom stereocenters. The molecule has 1 aromatic heterocycles. The van der Waals surface area contributed by atoms with Gasteiger partial charge in [-0.05, 0) is 53.5 Å². The van der Waals surface area contributed by atoms with E-state index >= 15 is 0 Å². The number of hydrogen-bond acceptors (Lipinski definition) is 4. The lowest BCUT2D eigenvalue weighted by molar-refractivity contribution is 0.191. The van der Waals surface area contributed by atoms with Crippen LogP contribution in [0.1, 0.15) is 29.0 Å². The van der Waals surface area contributed by atoms with Crippen LogP contribution in [0.25, 0.3) is 0 Å². The molecule has 0 saturated carbocycles. The monoisotopic (exact) mass is 305 g/mol. The van der Waals surface area contributed by atoms with Gasteiger partial charge in [-0.25, -0.2) is 4.39 Å². The number of benzene rings is 1. The van der Waals surface area contributed by atoms with Crippen molar-refractivity contribution in [3.63, 3.8) is 0 Å². The maximum Gasteiger partial charge on any atom is 0.488 e. The summed E-state index contributed by atoms with van der Waals surface area (Å²) >= 11 is 1.79. The molecule has 21 heavy (non-hydrogen) atoms. The SMILES string of the molecule is CC1c2ccsc2CCN1Cc1cc(F)cc(B(O)O)c1. The zero-order chi connectivity index (χ0) is 15.0. The van der Waals surface area contributed by atoms with Gasteiger partial charge in [-0.2, -0.15) is 0 Å². The summed E-state index contributed by atoms with van der Waals surface area (Å²) in [6.07, 6.45) is 1.02. The molecule has 1 aliphatic heterocycles. The highest BCUT2D eigenvalue weighted by Gasteiger charge is 2.25. The lowest BCUT2D eigenvalue weighted by Gasteiger charge is -2.33. The van der Waals surface area contributed by atoms with Crippen LogP contribution in [0.5, 0.6) is 0 Å². The van der Waals surface area contributed by atoms with E-state index in [1.165, 1.54) is 16.5 Å². The van der Waals surface area contributed by atoms with Gasteiger partial charge in [0.1, 0.15) is 5.82 Å². The van der Waals surface area contributed by atoms with E-state index in [-0.39, 0.29) is 5.46 Å². The molecule has 0 aliphatic carbocycles. The smallest absolute Gasteiger partial charge is 0.423 e. The van der Waals surface area contributed by atoms with Gasteiger partial charge in [0.05, 0.1) is 0 Å². The lowest BCUT2D eigenvalue weighted by Crippen LogP contribution is -2.34. The molecule has 0 spiro atoms. The molecule has 2 N–H and O–H groups in total. The van der Waals surface area contributed by atoms with E-state index in [0.717, 1.165) is 24.6 Å². The van der Waals surface area contributed by atoms with Gasteiger partial charge in [0.2, 0.25) is 0 Å². The molecular weight excluding hydrogens is 288 g/mol. The Bertz CT molecular complexity index is 646. The minimum Gasteiger partial charge on any atom is -0.423 e. The predicted molar refractivity (Wildman–Crippen MR) is 83.1 cm³/mol. The Morgan fingerprint density at radius 3 is 2.95 bits per heavy atom. The number of fused-ring (bicyclic) bond motifs is 1. The van der Waals surface area contributed by atoms with Gasteiger partial charge in [-0.15, -0.1) is 11.3 Å². The van der Waals surface area contributed by atoms with Crippen LogP contribution in [0.15, 0.2) is 29.6 Å². The van der Waals surface area contributed by atoms with Gasteiger partial charge < -0.3 is 10.0 Å². The number of rotatable bonds is 3. The minimum absolute atomic E-state index is 0.200. The molecular formula is C15H17BFNO2S. The first-order valence-electron chi connectivity index (χ1n) is 7.00. The second kappa shape index (κ2) is 5.89. The first-order chi connectivity index (χ1) is 10.0. The molecule has 2 heterocycles. The molecule has 0 radical (unpaired) electrons. The normalized spacial score (nSPS) is 18.6. The molecule has 3 rings (SSSR count). The number of hydrogen-bond donors (Lipinski definition) is 2. The van der Waals surface area contributed by atoms with Crippen molar-refractivity contribution in [2.45, 2.75) is 25.9 Å². The molecule has 1 aliphatic rings. The molecule has 1 unspecified atom stereocenters. The second-order valence-electron chi connectivity index (χ2n) is 5.46. The second-order valence-corrected chi connectivity index (χ2v) is 6.46. The highest BCUT2D eigenvalue weighted by molar-refractivity contribution is 7.10. The van der Waals surface area contributed by atoms with Crippen LogP contribution in [0, 0.1) is 5.82 Å². The van der Waals surface area contributed by atoms with Crippen molar-refractivity contribution in [2.24, 2.45) is 0 Å². The predicted octanol–water partition coefficient (Wildman–Crippen LogP) is 1.69. The maximum absolute atomic E-state index is 13.6. The fourth-order valence-electron chi connectivity index (χ4n) is 2.93. The Labute approximate surface area is 127 Å². The van der Waals surface area contributed by atoms with Crippen molar-refractivity contribution < 1.29 is 14.4 Å². The average molecular weight is 305 g/mol. The van der Waals surface area contributed by atoms with E-state index < -0.39 is 12.9 Å². The van der Waals surface area contributed by atoms with Crippen LogP contribution < -0.4 is 5.46 Å². The third kappa shape index (κ3) is 3.03. The number of nitrogens with zero attached hydrogens (tertiary/aromatic N) is 1. The van der Waals surface area contributed by atoms with Gasteiger partial charge in [0.15, 0.2) is 0 Å². The van der Waals surface area contributed by atoms with Gasteiger partial charge in [0.25, 0.3) is 0 Å². The summed E-state index contributed by atoms with van der Waals surface area (Å²) in [6, 6.07) is 6.73. The van der Waals surface area contributed by atoms with Crippen LogP contribution in [0.3, 0.4) is 0 Å². The maximum atomic E-state index is 13.6. The molecule has 110 valence electrons. The van der Waals surface area contributed by atoms with Gasteiger partial charge >= 0.3 is 7.12 Å². The van der Waals surface area contributed by atoms with Gasteiger partial charge in [-0.3, -0.25) is 4.90 Å². The van der Waals surface area contributed by atoms with Crippen LogP contribution in [0.2, 0.25) is 0 Å². The standard InChI is InChI=1S/C15H17BFNO2S/c1-10-14-3-5-21-15(14)2-4-18(10)9-11-6-12(16(19)20)8-13(17)7-11/h3,5-8,10,19-20H,2,4,9H2,1H3. The zero-order valence-electron chi connectivity index (χ0n) is 11.8. The zero-order valence-corrected chi connectivity index (χ0v) is 12.6. The Balaban J connectivity index is 1.81. The summed E-state index contributed by atoms with van der Waals surface area (Å²) in [5, 5.41) is 20.5. The first kappa shape index (κ1) is 14.7. The van der Waals surface area contributed by atoms with E-state index in [2.05, 4.69) is 23.3 Å². The molecule has 0 amide bonds. The fraction of sp³-hybridized carbons (Fsp3) is 0.333. The topological polar surface area (TPSA) is 43.7 Å². The number of thiophene rings is 1. The van der Waals surface area contributed by atoms with Crippen LogP contribution >= 0.6 is 11.3 Å². The summed E-state index contributed by atoms with van der Waals surface area (Å²) in [5.74, 6) is -0.434. The third-order valence-electron chi connectivity index (χ3n) is 4.07. The van der Waals surface area contributed by atoms with Crippen molar-refractivity contribution in [1.29, 1.82) is 0 Å². The third-order valence-corrected chi connectivity index (χ3v) is 5.06. The van der Waals surface area contributed by atoms with Crippen LogP contribution in [-0.4, -0.2) is 28.6 Å². The molecule has 0 fully saturated rings. The van der Waals surface area contributed by atoms with E-state index in [0.29, 0.717) is 12.6 Å². The summed E-state index contributed by atoms with van der Waals surface area (Å²) < 4.78 is 13.6. The minimum atomic E-state index is -1.64. The summed E-state index contributed by atoms with van der Waals surface area (Å²) in [7, 11) is -1.64. The highest BCUT2D eigenvalue weighted by Crippen LogP contribution is 2.33. The van der Waals surface area contributed by atoms with E-state index in [9.17, 15) is 14.4 Å². The lowest BCUT2D eigenvalue weighted by atomic mass is 9.79. The van der Waals surface area contributed by atoms with Crippen molar-refractivity contribution in [1.82, 2.24) is 4.90 Å². The summed E-state index contributed by atoms with van der Waals surface area (Å²) in [6.45, 7) is 3.70. The molecule has 0 bridgehead atoms. The Morgan fingerprint density at radius 1 is 1.38 bits per heavy atom. The van der Waals surface area contributed by atoms with E-state index in [1.54, 1.807) is 17.4 Å². The highest BCUT2D eigenvalue weighted by atomic mass is 32.1. The average Bonchev–Trinajstić information content (AvgIpc) is 2.90. The van der Waals surface area contributed by atoms with Crippen LogP contribution in [0.4, 0.5) is 4.39 Å². The molecule has 0 saturated heterocycles. The van der Waals surface area contributed by atoms with Gasteiger partial charge in [-0.1, -0.05) is 6.07 Å². The Hall–Kier alpha value is -1.21. The number of halogens is 1. The van der Waals surface area contributed by atoms with Crippen molar-refractivity contribution in [2.75, 3.05) is 6.54 Å².